The van der Waals surface area contributed by atoms with Gasteiger partial charge in [0.25, 0.3) is 0 Å². The first kappa shape index (κ1) is 13.2. The molecule has 0 N–H and O–H groups in total. The second kappa shape index (κ2) is 6.61. The molecule has 0 aliphatic rings. The van der Waals surface area contributed by atoms with Crippen LogP contribution in [-0.4, -0.2) is 33.1 Å². The zero-order chi connectivity index (χ0) is 13.5. The Labute approximate surface area is 112 Å². The number of aromatic nitrogens is 3. The summed E-state index contributed by atoms with van der Waals surface area (Å²) in [5.74, 6) is 1.07. The molecule has 0 unspecified atom stereocenters. The van der Waals surface area contributed by atoms with Gasteiger partial charge in [0.1, 0.15) is 5.69 Å². The molecule has 0 spiro atoms. The van der Waals surface area contributed by atoms with Crippen molar-refractivity contribution >= 4 is 0 Å². The number of nitrogens with zero attached hydrogens (tertiary/aromatic N) is 4. The fourth-order valence-corrected chi connectivity index (χ4v) is 1.68. The SMILES string of the molecule is C=CCN(CC=C)Cc1nc(-c2ccccn2)no1. The van der Waals surface area contributed by atoms with Gasteiger partial charge in [-0.1, -0.05) is 23.4 Å². The molecule has 0 saturated heterocycles. The van der Waals surface area contributed by atoms with Crippen molar-refractivity contribution in [2.75, 3.05) is 13.1 Å². The van der Waals surface area contributed by atoms with Crippen molar-refractivity contribution in [1.82, 2.24) is 20.0 Å². The van der Waals surface area contributed by atoms with Gasteiger partial charge in [0, 0.05) is 19.3 Å². The molecule has 98 valence electrons. The van der Waals surface area contributed by atoms with Gasteiger partial charge in [-0.15, -0.1) is 13.2 Å². The van der Waals surface area contributed by atoms with Crippen molar-refractivity contribution in [3.05, 3.63) is 55.6 Å². The van der Waals surface area contributed by atoms with Crippen LogP contribution >= 0.6 is 0 Å². The van der Waals surface area contributed by atoms with Gasteiger partial charge >= 0.3 is 0 Å². The van der Waals surface area contributed by atoms with E-state index in [2.05, 4.69) is 33.2 Å². The molecular formula is C14H16N4O. The van der Waals surface area contributed by atoms with Crippen LogP contribution in [0.15, 0.2) is 54.2 Å². The first-order valence-corrected chi connectivity index (χ1v) is 6.01. The number of pyridine rings is 1. The molecule has 5 heteroatoms. The molecule has 0 atom stereocenters. The Bertz CT molecular complexity index is 525. The van der Waals surface area contributed by atoms with Crippen LogP contribution in [0, 0.1) is 0 Å². The van der Waals surface area contributed by atoms with Crippen LogP contribution in [0.4, 0.5) is 0 Å². The highest BCUT2D eigenvalue weighted by Gasteiger charge is 2.12. The Morgan fingerprint density at radius 2 is 2.00 bits per heavy atom. The molecule has 2 heterocycles. The van der Waals surface area contributed by atoms with Crippen molar-refractivity contribution in [2.24, 2.45) is 0 Å². The van der Waals surface area contributed by atoms with E-state index in [1.807, 2.05) is 30.4 Å². The summed E-state index contributed by atoms with van der Waals surface area (Å²) in [5.41, 5.74) is 0.705. The highest BCUT2D eigenvalue weighted by atomic mass is 16.5. The molecule has 2 aromatic rings. The third-order valence-corrected chi connectivity index (χ3v) is 2.50. The molecule has 0 fully saturated rings. The van der Waals surface area contributed by atoms with Gasteiger partial charge in [0.15, 0.2) is 0 Å². The minimum absolute atomic E-state index is 0.507. The highest BCUT2D eigenvalue weighted by Crippen LogP contribution is 2.12. The van der Waals surface area contributed by atoms with Crippen molar-refractivity contribution in [1.29, 1.82) is 0 Å². The fourth-order valence-electron chi connectivity index (χ4n) is 1.68. The predicted molar refractivity (Wildman–Crippen MR) is 73.2 cm³/mol. The molecule has 5 nitrogen and oxygen atoms in total. The molecule has 2 rings (SSSR count). The smallest absolute Gasteiger partial charge is 0.241 e. The van der Waals surface area contributed by atoms with Crippen molar-refractivity contribution in [2.45, 2.75) is 6.54 Å². The minimum atomic E-state index is 0.507. The number of hydrogen-bond acceptors (Lipinski definition) is 5. The van der Waals surface area contributed by atoms with E-state index in [4.69, 9.17) is 4.52 Å². The average molecular weight is 256 g/mol. The summed E-state index contributed by atoms with van der Waals surface area (Å²) in [6.07, 6.45) is 5.37. The van der Waals surface area contributed by atoms with Gasteiger partial charge < -0.3 is 4.52 Å². The standard InChI is InChI=1S/C14H16N4O/c1-3-9-18(10-4-2)11-13-16-14(17-19-13)12-7-5-6-8-15-12/h3-8H,1-2,9-11H2. The molecule has 0 aromatic carbocycles. The quantitative estimate of drug-likeness (QED) is 0.711. The van der Waals surface area contributed by atoms with Crippen LogP contribution in [0.25, 0.3) is 11.5 Å². The van der Waals surface area contributed by atoms with E-state index in [1.165, 1.54) is 0 Å². The lowest BCUT2D eigenvalue weighted by Gasteiger charge is -2.15. The molecule has 0 aliphatic carbocycles. The molecule has 0 amide bonds. The first-order valence-electron chi connectivity index (χ1n) is 6.01. The molecule has 2 aromatic heterocycles. The minimum Gasteiger partial charge on any atom is -0.337 e. The Morgan fingerprint density at radius 1 is 1.21 bits per heavy atom. The second-order valence-electron chi connectivity index (χ2n) is 4.00. The summed E-state index contributed by atoms with van der Waals surface area (Å²) in [6.45, 7) is 9.50. The fraction of sp³-hybridized carbons (Fsp3) is 0.214. The van der Waals surface area contributed by atoms with Gasteiger partial charge in [0.2, 0.25) is 11.7 Å². The lowest BCUT2D eigenvalue weighted by atomic mass is 10.3. The Balaban J connectivity index is 2.08. The van der Waals surface area contributed by atoms with Crippen molar-refractivity contribution in [3.8, 4) is 11.5 Å². The molecule has 0 saturated carbocycles. The first-order chi connectivity index (χ1) is 9.33. The molecular weight excluding hydrogens is 240 g/mol. The van der Waals surface area contributed by atoms with E-state index in [1.54, 1.807) is 6.20 Å². The normalized spacial score (nSPS) is 10.6. The maximum Gasteiger partial charge on any atom is 0.241 e. The summed E-state index contributed by atoms with van der Waals surface area (Å²) in [4.78, 5) is 10.6. The molecule has 19 heavy (non-hydrogen) atoms. The summed E-state index contributed by atoms with van der Waals surface area (Å²) >= 11 is 0. The van der Waals surface area contributed by atoms with E-state index in [-0.39, 0.29) is 0 Å². The average Bonchev–Trinajstić information content (AvgIpc) is 2.89. The van der Waals surface area contributed by atoms with Gasteiger partial charge in [-0.25, -0.2) is 0 Å². The predicted octanol–water partition coefficient (Wildman–Crippen LogP) is 2.31. The van der Waals surface area contributed by atoms with Crippen LogP contribution < -0.4 is 0 Å². The van der Waals surface area contributed by atoms with E-state index in [0.717, 1.165) is 13.1 Å². The Kier molecular flexibility index (Phi) is 4.58. The van der Waals surface area contributed by atoms with Crippen LogP contribution in [0.3, 0.4) is 0 Å². The van der Waals surface area contributed by atoms with Crippen LogP contribution in [-0.2, 0) is 6.54 Å². The highest BCUT2D eigenvalue weighted by molar-refractivity contribution is 5.46. The largest absolute Gasteiger partial charge is 0.337 e. The third kappa shape index (κ3) is 3.59. The van der Waals surface area contributed by atoms with Gasteiger partial charge in [-0.2, -0.15) is 4.98 Å². The monoisotopic (exact) mass is 256 g/mol. The van der Waals surface area contributed by atoms with Gasteiger partial charge in [-0.05, 0) is 12.1 Å². The van der Waals surface area contributed by atoms with Crippen molar-refractivity contribution in [3.63, 3.8) is 0 Å². The zero-order valence-corrected chi connectivity index (χ0v) is 10.7. The third-order valence-electron chi connectivity index (χ3n) is 2.50. The van der Waals surface area contributed by atoms with E-state index in [9.17, 15) is 0 Å². The number of hydrogen-bond donors (Lipinski definition) is 0. The van der Waals surface area contributed by atoms with Gasteiger partial charge in [0.05, 0.1) is 6.54 Å². The van der Waals surface area contributed by atoms with E-state index < -0.39 is 0 Å². The molecule has 0 aliphatic heterocycles. The van der Waals surface area contributed by atoms with Crippen LogP contribution in [0.2, 0.25) is 0 Å². The second-order valence-corrected chi connectivity index (χ2v) is 4.00. The maximum absolute atomic E-state index is 5.23. The number of rotatable bonds is 7. The van der Waals surface area contributed by atoms with Gasteiger partial charge in [-0.3, -0.25) is 9.88 Å². The lowest BCUT2D eigenvalue weighted by molar-refractivity contribution is 0.266. The molecule has 0 radical (unpaired) electrons. The molecule has 0 bridgehead atoms. The Hall–Kier alpha value is -2.27. The summed E-state index contributed by atoms with van der Waals surface area (Å²) < 4.78 is 5.23. The van der Waals surface area contributed by atoms with E-state index in [0.29, 0.717) is 24.0 Å². The van der Waals surface area contributed by atoms with Crippen molar-refractivity contribution < 1.29 is 4.52 Å². The lowest BCUT2D eigenvalue weighted by Crippen LogP contribution is -2.23. The Morgan fingerprint density at radius 3 is 2.63 bits per heavy atom. The maximum atomic E-state index is 5.23. The zero-order valence-electron chi connectivity index (χ0n) is 10.7. The van der Waals surface area contributed by atoms with E-state index >= 15 is 0 Å². The van der Waals surface area contributed by atoms with Crippen LogP contribution in [0.1, 0.15) is 5.89 Å². The topological polar surface area (TPSA) is 55.1 Å². The summed E-state index contributed by atoms with van der Waals surface area (Å²) in [7, 11) is 0. The summed E-state index contributed by atoms with van der Waals surface area (Å²) in [6, 6.07) is 5.58. The van der Waals surface area contributed by atoms with Crippen LogP contribution in [0.5, 0.6) is 0 Å². The summed E-state index contributed by atoms with van der Waals surface area (Å²) in [5, 5.41) is 3.93.